The van der Waals surface area contributed by atoms with E-state index in [4.69, 9.17) is 16.3 Å². The highest BCUT2D eigenvalue weighted by molar-refractivity contribution is 6.30. The van der Waals surface area contributed by atoms with Gasteiger partial charge in [0, 0.05) is 29.8 Å². The zero-order valence-electron chi connectivity index (χ0n) is 15.2. The van der Waals surface area contributed by atoms with Crippen molar-refractivity contribution < 1.29 is 9.53 Å². The van der Waals surface area contributed by atoms with Crippen LogP contribution in [0, 0.1) is 0 Å². The number of amides is 1. The molecule has 2 aromatic heterocycles. The number of nitrogens with zero attached hydrogens (tertiary/aromatic N) is 2. The van der Waals surface area contributed by atoms with Crippen LogP contribution >= 0.6 is 11.6 Å². The van der Waals surface area contributed by atoms with Gasteiger partial charge in [-0.15, -0.1) is 0 Å². The summed E-state index contributed by atoms with van der Waals surface area (Å²) in [6, 6.07) is 12.5. The number of aromatic nitrogens is 2. The summed E-state index contributed by atoms with van der Waals surface area (Å²) in [5.74, 6) is -0.392. The molecule has 28 heavy (non-hydrogen) atoms. The summed E-state index contributed by atoms with van der Waals surface area (Å²) in [5.41, 5.74) is 1.17. The smallest absolute Gasteiger partial charge is 0.265 e. The largest absolute Gasteiger partial charge is 0.376 e. The van der Waals surface area contributed by atoms with Gasteiger partial charge >= 0.3 is 0 Å². The Morgan fingerprint density at radius 3 is 2.86 bits per heavy atom. The fourth-order valence-corrected chi connectivity index (χ4v) is 3.52. The highest BCUT2D eigenvalue weighted by Gasteiger charge is 2.20. The maximum Gasteiger partial charge on any atom is 0.265 e. The van der Waals surface area contributed by atoms with Crippen molar-refractivity contribution in [2.75, 3.05) is 13.2 Å². The van der Waals surface area contributed by atoms with Crippen molar-refractivity contribution >= 4 is 28.5 Å². The molecule has 144 valence electrons. The maximum absolute atomic E-state index is 13.1. The van der Waals surface area contributed by atoms with Crippen LogP contribution in [-0.4, -0.2) is 34.7 Å². The highest BCUT2D eigenvalue weighted by atomic mass is 35.5. The first-order chi connectivity index (χ1) is 13.6. The molecule has 7 heteroatoms. The number of hydrogen-bond donors (Lipinski definition) is 1. The minimum absolute atomic E-state index is 0.0161. The van der Waals surface area contributed by atoms with Crippen LogP contribution < -0.4 is 10.9 Å². The number of carbonyl (C=O) groups is 1. The molecular weight excluding hydrogens is 378 g/mol. The fraction of sp³-hybridized carbons (Fsp3) is 0.286. The molecule has 0 unspecified atom stereocenters. The Morgan fingerprint density at radius 1 is 1.29 bits per heavy atom. The van der Waals surface area contributed by atoms with E-state index in [2.05, 4.69) is 10.3 Å². The molecule has 4 rings (SSSR count). The number of hydrogen-bond acceptors (Lipinski definition) is 4. The second kappa shape index (κ2) is 8.12. The Hall–Kier alpha value is -2.70. The third kappa shape index (κ3) is 3.93. The number of fused-ring (bicyclic) bond motifs is 1. The number of carbonyl (C=O) groups excluding carboxylic acids is 1. The number of rotatable bonds is 5. The molecule has 1 fully saturated rings. The van der Waals surface area contributed by atoms with Gasteiger partial charge in [0.15, 0.2) is 0 Å². The Kier molecular flexibility index (Phi) is 5.41. The first kappa shape index (κ1) is 18.7. The van der Waals surface area contributed by atoms with Gasteiger partial charge in [-0.25, -0.2) is 4.98 Å². The lowest BCUT2D eigenvalue weighted by atomic mass is 10.1. The minimum atomic E-state index is -0.392. The Bertz CT molecular complexity index is 1060. The molecule has 0 radical (unpaired) electrons. The van der Waals surface area contributed by atoms with E-state index < -0.39 is 5.91 Å². The monoisotopic (exact) mass is 397 g/mol. The number of benzene rings is 1. The number of halogens is 1. The van der Waals surface area contributed by atoms with Gasteiger partial charge in [0.2, 0.25) is 0 Å². The average Bonchev–Trinajstić information content (AvgIpc) is 3.23. The molecule has 1 atom stereocenters. The second-order valence-corrected chi connectivity index (χ2v) is 7.27. The summed E-state index contributed by atoms with van der Waals surface area (Å²) in [5, 5.41) is 4.19. The number of pyridine rings is 2. The van der Waals surface area contributed by atoms with Crippen LogP contribution in [0.25, 0.3) is 11.0 Å². The molecule has 0 aliphatic carbocycles. The van der Waals surface area contributed by atoms with Crippen LogP contribution in [0.5, 0.6) is 0 Å². The van der Waals surface area contributed by atoms with Crippen LogP contribution in [0.15, 0.2) is 53.5 Å². The SMILES string of the molecule is O=C(NC[C@H]1CCCO1)c1cc2cccnc2n(Cc2ccc(Cl)cc2)c1=O. The van der Waals surface area contributed by atoms with Crippen molar-refractivity contribution in [2.24, 2.45) is 0 Å². The Balaban J connectivity index is 1.69. The molecule has 1 aliphatic rings. The van der Waals surface area contributed by atoms with Crippen LogP contribution in [0.3, 0.4) is 0 Å². The summed E-state index contributed by atoms with van der Waals surface area (Å²) < 4.78 is 7.06. The summed E-state index contributed by atoms with van der Waals surface area (Å²) in [4.78, 5) is 30.1. The molecule has 3 heterocycles. The molecule has 6 nitrogen and oxygen atoms in total. The molecule has 3 aromatic rings. The van der Waals surface area contributed by atoms with Gasteiger partial charge in [-0.1, -0.05) is 23.7 Å². The maximum atomic E-state index is 13.1. The van der Waals surface area contributed by atoms with Crippen molar-refractivity contribution in [1.82, 2.24) is 14.9 Å². The van der Waals surface area contributed by atoms with Crippen molar-refractivity contribution in [3.63, 3.8) is 0 Å². The third-order valence-corrected chi connectivity index (χ3v) is 5.11. The average molecular weight is 398 g/mol. The minimum Gasteiger partial charge on any atom is -0.376 e. The van der Waals surface area contributed by atoms with E-state index >= 15 is 0 Å². The van der Waals surface area contributed by atoms with E-state index in [1.807, 2.05) is 18.2 Å². The lowest BCUT2D eigenvalue weighted by Crippen LogP contribution is -2.37. The summed E-state index contributed by atoms with van der Waals surface area (Å²) in [7, 11) is 0. The first-order valence-corrected chi connectivity index (χ1v) is 9.62. The van der Waals surface area contributed by atoms with Crippen LogP contribution in [0.1, 0.15) is 28.8 Å². The lowest BCUT2D eigenvalue weighted by Gasteiger charge is -2.14. The second-order valence-electron chi connectivity index (χ2n) is 6.84. The van der Waals surface area contributed by atoms with Gasteiger partial charge in [-0.05, 0) is 48.7 Å². The zero-order chi connectivity index (χ0) is 19.5. The quantitative estimate of drug-likeness (QED) is 0.718. The van der Waals surface area contributed by atoms with E-state index in [0.29, 0.717) is 23.8 Å². The van der Waals surface area contributed by atoms with E-state index in [9.17, 15) is 9.59 Å². The molecule has 1 aromatic carbocycles. The predicted molar refractivity (Wildman–Crippen MR) is 108 cm³/mol. The number of nitrogens with one attached hydrogen (secondary N) is 1. The van der Waals surface area contributed by atoms with E-state index in [-0.39, 0.29) is 17.2 Å². The van der Waals surface area contributed by atoms with Crippen molar-refractivity contribution in [3.05, 3.63) is 75.2 Å². The van der Waals surface area contributed by atoms with E-state index in [1.54, 1.807) is 30.5 Å². The van der Waals surface area contributed by atoms with Crippen LogP contribution in [0.2, 0.25) is 5.02 Å². The first-order valence-electron chi connectivity index (χ1n) is 9.24. The van der Waals surface area contributed by atoms with Gasteiger partial charge in [-0.2, -0.15) is 0 Å². The standard InChI is InChI=1S/C21H20ClN3O3/c22-16-7-5-14(6-8-16)13-25-19-15(3-1-9-23-19)11-18(21(25)27)20(26)24-12-17-4-2-10-28-17/h1,3,5-9,11,17H,2,4,10,12-13H2,(H,24,26)/t17-/m1/s1. The van der Waals surface area contributed by atoms with Gasteiger partial charge in [-0.3, -0.25) is 14.2 Å². The predicted octanol–water partition coefficient (Wildman–Crippen LogP) is 3.01. The van der Waals surface area contributed by atoms with E-state index in [0.717, 1.165) is 30.4 Å². The lowest BCUT2D eigenvalue weighted by molar-refractivity contribution is 0.0856. The molecular formula is C21H20ClN3O3. The van der Waals surface area contributed by atoms with Crippen molar-refractivity contribution in [2.45, 2.75) is 25.5 Å². The molecule has 0 spiro atoms. The normalized spacial score (nSPS) is 16.4. The van der Waals surface area contributed by atoms with Gasteiger partial charge in [0.05, 0.1) is 12.6 Å². The Morgan fingerprint density at radius 2 is 2.11 bits per heavy atom. The zero-order valence-corrected chi connectivity index (χ0v) is 16.0. The topological polar surface area (TPSA) is 73.2 Å². The summed E-state index contributed by atoms with van der Waals surface area (Å²) in [6.07, 6.45) is 3.57. The fourth-order valence-electron chi connectivity index (χ4n) is 3.40. The molecule has 1 amide bonds. The summed E-state index contributed by atoms with van der Waals surface area (Å²) in [6.45, 7) is 1.42. The molecule has 1 N–H and O–H groups in total. The van der Waals surface area contributed by atoms with Crippen LogP contribution in [-0.2, 0) is 11.3 Å². The van der Waals surface area contributed by atoms with Gasteiger partial charge < -0.3 is 10.1 Å². The Labute approximate surface area is 167 Å². The van der Waals surface area contributed by atoms with Gasteiger partial charge in [0.25, 0.3) is 11.5 Å². The van der Waals surface area contributed by atoms with E-state index in [1.165, 1.54) is 4.57 Å². The molecule has 0 saturated carbocycles. The van der Waals surface area contributed by atoms with Gasteiger partial charge in [0.1, 0.15) is 11.2 Å². The van der Waals surface area contributed by atoms with Crippen molar-refractivity contribution in [3.8, 4) is 0 Å². The highest BCUT2D eigenvalue weighted by Crippen LogP contribution is 2.15. The molecule has 0 bridgehead atoms. The van der Waals surface area contributed by atoms with Crippen molar-refractivity contribution in [1.29, 1.82) is 0 Å². The van der Waals surface area contributed by atoms with Crippen LogP contribution in [0.4, 0.5) is 0 Å². The third-order valence-electron chi connectivity index (χ3n) is 4.86. The molecule has 1 saturated heterocycles. The summed E-state index contributed by atoms with van der Waals surface area (Å²) >= 11 is 5.95. The molecule has 1 aliphatic heterocycles. The number of ether oxygens (including phenoxy) is 1.